The van der Waals surface area contributed by atoms with E-state index in [9.17, 15) is 0 Å². The van der Waals surface area contributed by atoms with Crippen molar-refractivity contribution in [1.82, 2.24) is 9.97 Å². The monoisotopic (exact) mass is 600 g/mol. The van der Waals surface area contributed by atoms with Gasteiger partial charge in [0, 0.05) is 49.8 Å². The Morgan fingerprint density at radius 1 is 1.17 bits per heavy atom. The molecular formula is C27H29IN4O2S. The van der Waals surface area contributed by atoms with E-state index < -0.39 is 0 Å². The van der Waals surface area contributed by atoms with Gasteiger partial charge in [-0.25, -0.2) is 4.98 Å². The number of nitrogens with one attached hydrogen (secondary N) is 1. The molecule has 35 heavy (non-hydrogen) atoms. The number of nitrogens with zero attached hydrogens (tertiary/aromatic N) is 2. The van der Waals surface area contributed by atoms with E-state index in [1.165, 1.54) is 17.6 Å². The minimum Gasteiger partial charge on any atom is -0.439 e. The lowest BCUT2D eigenvalue weighted by Gasteiger charge is -2.32. The Morgan fingerprint density at radius 2 is 1.97 bits per heavy atom. The van der Waals surface area contributed by atoms with Gasteiger partial charge < -0.3 is 20.0 Å². The molecule has 0 radical (unpaired) electrons. The van der Waals surface area contributed by atoms with Gasteiger partial charge in [-0.1, -0.05) is 65.9 Å². The molecule has 8 heteroatoms. The van der Waals surface area contributed by atoms with Crippen molar-refractivity contribution < 1.29 is 8.92 Å². The van der Waals surface area contributed by atoms with Crippen molar-refractivity contribution in [1.29, 1.82) is 0 Å². The van der Waals surface area contributed by atoms with E-state index in [1.807, 2.05) is 54.6 Å². The number of aromatic nitrogens is 2. The zero-order chi connectivity index (χ0) is 24.9. The summed E-state index contributed by atoms with van der Waals surface area (Å²) >= 11 is 3.83. The van der Waals surface area contributed by atoms with Gasteiger partial charge in [-0.05, 0) is 49.6 Å². The van der Waals surface area contributed by atoms with Gasteiger partial charge in [-0.2, -0.15) is 4.98 Å². The predicted molar refractivity (Wildman–Crippen MR) is 153 cm³/mol. The highest BCUT2D eigenvalue weighted by Gasteiger charge is 2.31. The fourth-order valence-electron chi connectivity index (χ4n) is 4.28. The van der Waals surface area contributed by atoms with Gasteiger partial charge in [0.25, 0.3) is 0 Å². The molecule has 1 heterocycles. The Kier molecular flexibility index (Phi) is 8.35. The van der Waals surface area contributed by atoms with Crippen molar-refractivity contribution >= 4 is 52.0 Å². The van der Waals surface area contributed by atoms with Crippen LogP contribution in [0.15, 0.2) is 77.7 Å². The maximum atomic E-state index is 6.14. The lowest BCUT2D eigenvalue weighted by atomic mass is 9.78. The topological polar surface area (TPSA) is 82.3 Å². The van der Waals surface area contributed by atoms with E-state index in [-0.39, 0.29) is 11.9 Å². The first kappa shape index (κ1) is 25.5. The summed E-state index contributed by atoms with van der Waals surface area (Å²) in [5.74, 6) is 1.93. The molecule has 0 aliphatic heterocycles. The number of halogens is 1. The molecule has 3 atom stereocenters. The molecule has 1 aliphatic carbocycles. The number of hydrogen-bond donors (Lipinski definition) is 2. The highest BCUT2D eigenvalue weighted by atomic mass is 127. The molecule has 0 amide bonds. The molecule has 2 aromatic carbocycles. The highest BCUT2D eigenvalue weighted by Crippen LogP contribution is 2.41. The van der Waals surface area contributed by atoms with Gasteiger partial charge >= 0.3 is 0 Å². The van der Waals surface area contributed by atoms with Crippen LogP contribution >= 0.6 is 34.6 Å². The number of benzene rings is 2. The number of hydrogen-bond acceptors (Lipinski definition) is 7. The van der Waals surface area contributed by atoms with Crippen molar-refractivity contribution in [3.05, 3.63) is 84.1 Å². The second-order valence-electron chi connectivity index (χ2n) is 8.54. The zero-order valence-electron chi connectivity index (χ0n) is 20.0. The second-order valence-corrected chi connectivity index (χ2v) is 11.1. The summed E-state index contributed by atoms with van der Waals surface area (Å²) in [6.07, 6.45) is 3.38. The van der Waals surface area contributed by atoms with Crippen LogP contribution in [-0.2, 0) is 4.18 Å². The number of allylic oxidation sites excluding steroid dienone is 2. The summed E-state index contributed by atoms with van der Waals surface area (Å²) in [5, 5.41) is 3.35. The standard InChI is InChI=1S/C27H29IN4O2S/c1-16-11-12-23(28)17(2)26(16)24-15-25(32-27(29)31-24)34-21-9-5-7-19(13-21)18(3)30-20-8-6-10-22(14-20)35-33-4/h5-11,13-15,17,23,26,30H,3,12H2,1-2,4H3,(H2,29,31,32)/t17?,23-,26?/m1/s1. The van der Waals surface area contributed by atoms with Crippen LogP contribution in [0.5, 0.6) is 11.6 Å². The molecule has 1 aromatic heterocycles. The van der Waals surface area contributed by atoms with E-state index >= 15 is 0 Å². The van der Waals surface area contributed by atoms with Gasteiger partial charge in [0.15, 0.2) is 0 Å². The third kappa shape index (κ3) is 6.36. The first-order valence-corrected chi connectivity index (χ1v) is 13.3. The minimum atomic E-state index is 0.195. The van der Waals surface area contributed by atoms with Crippen molar-refractivity contribution in [2.24, 2.45) is 5.92 Å². The maximum Gasteiger partial charge on any atom is 0.224 e. The molecular weight excluding hydrogens is 571 g/mol. The summed E-state index contributed by atoms with van der Waals surface area (Å²) in [6.45, 7) is 8.63. The molecule has 0 fully saturated rings. The van der Waals surface area contributed by atoms with Crippen molar-refractivity contribution in [2.75, 3.05) is 18.2 Å². The number of nitrogen functional groups attached to an aromatic ring is 1. The molecule has 2 unspecified atom stereocenters. The molecule has 0 spiro atoms. The summed E-state index contributed by atoms with van der Waals surface area (Å²) in [7, 11) is 1.65. The minimum absolute atomic E-state index is 0.195. The fourth-order valence-corrected chi connectivity index (χ4v) is 5.45. The van der Waals surface area contributed by atoms with Crippen LogP contribution < -0.4 is 15.8 Å². The normalized spacial score (nSPS) is 19.7. The van der Waals surface area contributed by atoms with Crippen molar-refractivity contribution in [2.45, 2.75) is 35.0 Å². The van der Waals surface area contributed by atoms with E-state index in [0.29, 0.717) is 21.5 Å². The Balaban J connectivity index is 1.53. The summed E-state index contributed by atoms with van der Waals surface area (Å²) in [4.78, 5) is 9.89. The van der Waals surface area contributed by atoms with E-state index in [1.54, 1.807) is 7.11 Å². The highest BCUT2D eigenvalue weighted by molar-refractivity contribution is 14.1. The average molecular weight is 601 g/mol. The molecule has 182 valence electrons. The van der Waals surface area contributed by atoms with Gasteiger partial charge in [-0.15, -0.1) is 0 Å². The van der Waals surface area contributed by atoms with Crippen LogP contribution in [0.1, 0.15) is 37.4 Å². The molecule has 0 saturated heterocycles. The van der Waals surface area contributed by atoms with E-state index in [4.69, 9.17) is 14.7 Å². The zero-order valence-corrected chi connectivity index (χ0v) is 23.0. The second kappa shape index (κ2) is 11.5. The quantitative estimate of drug-likeness (QED) is 0.120. The Labute approximate surface area is 224 Å². The largest absolute Gasteiger partial charge is 0.439 e. The third-order valence-electron chi connectivity index (χ3n) is 6.02. The van der Waals surface area contributed by atoms with Gasteiger partial charge in [0.05, 0.1) is 12.8 Å². The predicted octanol–water partition coefficient (Wildman–Crippen LogP) is 7.46. The Morgan fingerprint density at radius 3 is 2.77 bits per heavy atom. The molecule has 3 aromatic rings. The molecule has 4 rings (SSSR count). The lowest BCUT2D eigenvalue weighted by Crippen LogP contribution is -2.25. The SMILES string of the molecule is C=C(Nc1cccc(SOC)c1)c1cccc(Oc2cc(C3C(C)=CC[C@@H](I)C3C)nc(N)n2)c1. The number of ether oxygens (including phenoxy) is 1. The van der Waals surface area contributed by atoms with Crippen LogP contribution in [-0.4, -0.2) is 21.0 Å². The van der Waals surface area contributed by atoms with E-state index in [2.05, 4.69) is 64.4 Å². The molecule has 1 aliphatic rings. The number of alkyl halides is 1. The number of nitrogens with two attached hydrogens (primary N) is 1. The fraction of sp³-hybridized carbons (Fsp3) is 0.259. The summed E-state index contributed by atoms with van der Waals surface area (Å²) in [5.41, 5.74) is 10.9. The smallest absolute Gasteiger partial charge is 0.224 e. The molecule has 0 saturated carbocycles. The summed E-state index contributed by atoms with van der Waals surface area (Å²) in [6, 6.07) is 17.6. The Hall–Kier alpha value is -2.56. The maximum absolute atomic E-state index is 6.14. The van der Waals surface area contributed by atoms with Crippen LogP contribution in [0.25, 0.3) is 5.70 Å². The van der Waals surface area contributed by atoms with Crippen molar-refractivity contribution in [3.8, 4) is 11.6 Å². The summed E-state index contributed by atoms with van der Waals surface area (Å²) < 4.78 is 11.8. The van der Waals surface area contributed by atoms with E-state index in [0.717, 1.165) is 34.0 Å². The lowest BCUT2D eigenvalue weighted by molar-refractivity contribution is 0.446. The van der Waals surface area contributed by atoms with Gasteiger partial charge in [0.1, 0.15) is 5.75 Å². The molecule has 6 nitrogen and oxygen atoms in total. The van der Waals surface area contributed by atoms with Crippen molar-refractivity contribution in [3.63, 3.8) is 0 Å². The first-order chi connectivity index (χ1) is 16.8. The third-order valence-corrected chi connectivity index (χ3v) is 8.28. The molecule has 0 bridgehead atoms. The molecule has 3 N–H and O–H groups in total. The first-order valence-electron chi connectivity index (χ1n) is 11.3. The van der Waals surface area contributed by atoms with Crippen LogP contribution in [0.4, 0.5) is 11.6 Å². The number of anilines is 2. The van der Waals surface area contributed by atoms with Gasteiger partial charge in [0.2, 0.25) is 11.8 Å². The van der Waals surface area contributed by atoms with Crippen LogP contribution in [0, 0.1) is 5.92 Å². The van der Waals surface area contributed by atoms with Crippen LogP contribution in [0.2, 0.25) is 0 Å². The average Bonchev–Trinajstić information content (AvgIpc) is 2.82. The van der Waals surface area contributed by atoms with Crippen LogP contribution in [0.3, 0.4) is 0 Å². The Bertz CT molecular complexity index is 1250. The number of rotatable bonds is 8. The van der Waals surface area contributed by atoms with Gasteiger partial charge in [-0.3, -0.25) is 0 Å².